The zero-order chi connectivity index (χ0) is 15.5. The highest BCUT2D eigenvalue weighted by Crippen LogP contribution is 2.31. The predicted molar refractivity (Wildman–Crippen MR) is 84.7 cm³/mol. The molecule has 118 valence electrons. The van der Waals surface area contributed by atoms with E-state index in [-0.39, 0.29) is 18.2 Å². The second kappa shape index (κ2) is 6.46. The maximum Gasteiger partial charge on any atom is 0.214 e. The first-order chi connectivity index (χ1) is 9.82. The van der Waals surface area contributed by atoms with E-state index in [9.17, 15) is 13.5 Å². The molecule has 1 N–H and O–H groups in total. The number of aliphatic hydroxyl groups is 1. The van der Waals surface area contributed by atoms with Crippen LogP contribution in [0.5, 0.6) is 0 Å². The van der Waals surface area contributed by atoms with E-state index in [0.717, 1.165) is 18.4 Å². The molecule has 1 aromatic carbocycles. The summed E-state index contributed by atoms with van der Waals surface area (Å²) in [4.78, 5) is 0. The molecule has 0 radical (unpaired) electrons. The van der Waals surface area contributed by atoms with Crippen LogP contribution in [0.4, 0.5) is 0 Å². The van der Waals surface area contributed by atoms with Gasteiger partial charge in [0.15, 0.2) is 0 Å². The lowest BCUT2D eigenvalue weighted by Gasteiger charge is -2.29. The fourth-order valence-corrected chi connectivity index (χ4v) is 4.54. The van der Waals surface area contributed by atoms with Gasteiger partial charge in [-0.15, -0.1) is 0 Å². The van der Waals surface area contributed by atoms with Crippen molar-refractivity contribution in [2.45, 2.75) is 44.1 Å². The van der Waals surface area contributed by atoms with Crippen molar-refractivity contribution in [2.24, 2.45) is 0 Å². The van der Waals surface area contributed by atoms with Crippen LogP contribution in [-0.4, -0.2) is 42.8 Å². The molecule has 4 nitrogen and oxygen atoms in total. The summed E-state index contributed by atoms with van der Waals surface area (Å²) in [5.74, 6) is 0.0146. The molecule has 0 heterocycles. The van der Waals surface area contributed by atoms with E-state index in [2.05, 4.69) is 0 Å². The third-order valence-electron chi connectivity index (χ3n) is 4.36. The molecule has 1 unspecified atom stereocenters. The van der Waals surface area contributed by atoms with Crippen molar-refractivity contribution in [3.63, 3.8) is 0 Å². The summed E-state index contributed by atoms with van der Waals surface area (Å²) < 4.78 is 26.2. The molecular weight excluding hydrogens is 286 g/mol. The quantitative estimate of drug-likeness (QED) is 0.877. The Morgan fingerprint density at radius 1 is 1.24 bits per heavy atom. The molecule has 21 heavy (non-hydrogen) atoms. The normalized spacial score (nSPS) is 19.8. The molecule has 0 saturated heterocycles. The number of hydrogen-bond acceptors (Lipinski definition) is 3. The third kappa shape index (κ3) is 4.28. The maximum atomic E-state index is 12.5. The molecule has 1 atom stereocenters. The highest BCUT2D eigenvalue weighted by Gasteiger charge is 2.35. The van der Waals surface area contributed by atoms with Gasteiger partial charge >= 0.3 is 0 Å². The van der Waals surface area contributed by atoms with E-state index < -0.39 is 15.6 Å². The molecule has 1 aromatic rings. The third-order valence-corrected chi connectivity index (χ3v) is 6.36. The van der Waals surface area contributed by atoms with Crippen LogP contribution in [0.15, 0.2) is 30.3 Å². The number of likely N-dealkylation sites (N-methyl/N-ethyl adjacent to an activating group) is 1. The molecule has 5 heteroatoms. The Morgan fingerprint density at radius 3 is 2.38 bits per heavy atom. The summed E-state index contributed by atoms with van der Waals surface area (Å²) in [5, 5.41) is 10.4. The van der Waals surface area contributed by atoms with E-state index in [1.54, 1.807) is 7.05 Å². The van der Waals surface area contributed by atoms with Crippen LogP contribution in [0.1, 0.15) is 44.1 Å². The summed E-state index contributed by atoms with van der Waals surface area (Å²) in [5.41, 5.74) is 0.187. The van der Waals surface area contributed by atoms with Crippen LogP contribution >= 0.6 is 0 Å². The minimum absolute atomic E-state index is 0.0585. The zero-order valence-corrected chi connectivity index (χ0v) is 13.6. The Morgan fingerprint density at radius 2 is 1.81 bits per heavy atom. The van der Waals surface area contributed by atoms with Crippen LogP contribution in [0.2, 0.25) is 0 Å². The second-order valence-corrected chi connectivity index (χ2v) is 8.40. The Labute approximate surface area is 127 Å². The standard InChI is InChI=1S/C16H25NO3S/c1-14(15-8-4-3-5-9-15)12-21(19,20)17(2)13-16(18)10-6-7-11-16/h3-5,8-9,14,18H,6-7,10-13H2,1-2H3. The van der Waals surface area contributed by atoms with E-state index in [1.165, 1.54) is 4.31 Å². The molecule has 0 bridgehead atoms. The van der Waals surface area contributed by atoms with Crippen molar-refractivity contribution in [1.29, 1.82) is 0 Å². The van der Waals surface area contributed by atoms with Crippen molar-refractivity contribution < 1.29 is 13.5 Å². The van der Waals surface area contributed by atoms with Crippen LogP contribution in [0.25, 0.3) is 0 Å². The van der Waals surface area contributed by atoms with Crippen LogP contribution < -0.4 is 0 Å². The molecule has 1 aliphatic rings. The summed E-state index contributed by atoms with van der Waals surface area (Å²) in [7, 11) is -1.79. The van der Waals surface area contributed by atoms with Gasteiger partial charge in [0.25, 0.3) is 0 Å². The molecule has 1 fully saturated rings. The van der Waals surface area contributed by atoms with Gasteiger partial charge in [-0.05, 0) is 24.3 Å². The van der Waals surface area contributed by atoms with Gasteiger partial charge in [-0.1, -0.05) is 50.1 Å². The number of sulfonamides is 1. The smallest absolute Gasteiger partial charge is 0.214 e. The summed E-state index contributed by atoms with van der Waals surface area (Å²) >= 11 is 0. The largest absolute Gasteiger partial charge is 0.389 e. The van der Waals surface area contributed by atoms with E-state index in [0.29, 0.717) is 12.8 Å². The Bertz CT molecular complexity index is 550. The van der Waals surface area contributed by atoms with Gasteiger partial charge in [-0.3, -0.25) is 0 Å². The van der Waals surface area contributed by atoms with Gasteiger partial charge in [-0.25, -0.2) is 12.7 Å². The van der Waals surface area contributed by atoms with Crippen molar-refractivity contribution in [3.8, 4) is 0 Å². The maximum absolute atomic E-state index is 12.5. The van der Waals surface area contributed by atoms with E-state index in [4.69, 9.17) is 0 Å². The van der Waals surface area contributed by atoms with Crippen molar-refractivity contribution in [3.05, 3.63) is 35.9 Å². The van der Waals surface area contributed by atoms with Gasteiger partial charge < -0.3 is 5.11 Å². The average Bonchev–Trinajstić information content (AvgIpc) is 2.85. The van der Waals surface area contributed by atoms with Crippen molar-refractivity contribution >= 4 is 10.0 Å². The fourth-order valence-electron chi connectivity index (χ4n) is 3.03. The predicted octanol–water partition coefficient (Wildman–Crippen LogP) is 2.36. The highest BCUT2D eigenvalue weighted by atomic mass is 32.2. The highest BCUT2D eigenvalue weighted by molar-refractivity contribution is 7.89. The number of benzene rings is 1. The first-order valence-electron chi connectivity index (χ1n) is 7.54. The van der Waals surface area contributed by atoms with Crippen LogP contribution in [0, 0.1) is 0 Å². The Hall–Kier alpha value is -0.910. The van der Waals surface area contributed by atoms with Crippen LogP contribution in [0.3, 0.4) is 0 Å². The van der Waals surface area contributed by atoms with Crippen LogP contribution in [-0.2, 0) is 10.0 Å². The number of nitrogens with zero attached hydrogens (tertiary/aromatic N) is 1. The number of rotatable bonds is 6. The van der Waals surface area contributed by atoms with Gasteiger partial charge in [-0.2, -0.15) is 0 Å². The SMILES string of the molecule is CC(CS(=O)(=O)N(C)CC1(O)CCCC1)c1ccccc1. The lowest BCUT2D eigenvalue weighted by molar-refractivity contribution is 0.0333. The molecular formula is C16H25NO3S. The molecule has 1 aliphatic carbocycles. The average molecular weight is 311 g/mol. The lowest BCUT2D eigenvalue weighted by atomic mass is 10.0. The summed E-state index contributed by atoms with van der Waals surface area (Å²) in [6.07, 6.45) is 3.35. The van der Waals surface area contributed by atoms with Crippen molar-refractivity contribution in [2.75, 3.05) is 19.3 Å². The number of hydrogen-bond donors (Lipinski definition) is 1. The van der Waals surface area contributed by atoms with Gasteiger partial charge in [0.2, 0.25) is 10.0 Å². The monoisotopic (exact) mass is 311 g/mol. The van der Waals surface area contributed by atoms with E-state index >= 15 is 0 Å². The summed E-state index contributed by atoms with van der Waals surface area (Å²) in [6.45, 7) is 2.13. The Kier molecular flexibility index (Phi) is 5.07. The molecule has 0 aromatic heterocycles. The van der Waals surface area contributed by atoms with E-state index in [1.807, 2.05) is 37.3 Å². The minimum atomic E-state index is -3.36. The topological polar surface area (TPSA) is 57.6 Å². The van der Waals surface area contributed by atoms with Gasteiger partial charge in [0, 0.05) is 13.6 Å². The molecule has 2 rings (SSSR count). The molecule has 0 amide bonds. The second-order valence-electron chi connectivity index (χ2n) is 6.28. The van der Waals surface area contributed by atoms with Gasteiger partial charge in [0.1, 0.15) is 0 Å². The first kappa shape index (κ1) is 16.5. The zero-order valence-electron chi connectivity index (χ0n) is 12.8. The lowest BCUT2D eigenvalue weighted by Crippen LogP contribution is -2.43. The molecule has 0 aliphatic heterocycles. The molecule has 0 spiro atoms. The fraction of sp³-hybridized carbons (Fsp3) is 0.625. The molecule has 1 saturated carbocycles. The first-order valence-corrected chi connectivity index (χ1v) is 9.15. The Balaban J connectivity index is 2.00. The minimum Gasteiger partial charge on any atom is -0.389 e. The van der Waals surface area contributed by atoms with Gasteiger partial charge in [0.05, 0.1) is 11.4 Å². The summed E-state index contributed by atoms with van der Waals surface area (Å²) in [6, 6.07) is 9.66. The van der Waals surface area contributed by atoms with Crippen molar-refractivity contribution in [1.82, 2.24) is 4.31 Å².